The zero-order valence-corrected chi connectivity index (χ0v) is 20.0. The molecule has 0 aliphatic carbocycles. The summed E-state index contributed by atoms with van der Waals surface area (Å²) in [5.74, 6) is 0.176. The molecule has 5 nitrogen and oxygen atoms in total. The van der Waals surface area contributed by atoms with Crippen LogP contribution in [0.5, 0.6) is 5.75 Å². The molecule has 1 aromatic heterocycles. The molecule has 33 heavy (non-hydrogen) atoms. The molecular formula is C28H35NO4. The van der Waals surface area contributed by atoms with E-state index in [4.69, 9.17) is 9.47 Å². The van der Waals surface area contributed by atoms with E-state index in [-0.39, 0.29) is 13.2 Å². The Hall–Kier alpha value is -3.05. The number of nitrogens with zero attached hydrogens (tertiary/aromatic N) is 1. The van der Waals surface area contributed by atoms with Crippen molar-refractivity contribution in [3.05, 3.63) is 66.2 Å². The minimum Gasteiger partial charge on any atom is -0.491 e. The van der Waals surface area contributed by atoms with Crippen molar-refractivity contribution < 1.29 is 19.4 Å². The molecule has 0 spiro atoms. The van der Waals surface area contributed by atoms with Crippen LogP contribution in [-0.4, -0.2) is 35.0 Å². The summed E-state index contributed by atoms with van der Waals surface area (Å²) in [5, 5.41) is 11.3. The van der Waals surface area contributed by atoms with E-state index in [1.165, 1.54) is 40.6 Å². The van der Waals surface area contributed by atoms with Gasteiger partial charge in [-0.05, 0) is 55.7 Å². The van der Waals surface area contributed by atoms with Crippen LogP contribution in [0.1, 0.15) is 45.6 Å². The van der Waals surface area contributed by atoms with Crippen LogP contribution >= 0.6 is 0 Å². The van der Waals surface area contributed by atoms with E-state index >= 15 is 0 Å². The van der Waals surface area contributed by atoms with Crippen molar-refractivity contribution in [3.8, 4) is 17.0 Å². The molecule has 0 saturated carbocycles. The molecule has 3 aromatic rings. The third-order valence-corrected chi connectivity index (χ3v) is 5.73. The summed E-state index contributed by atoms with van der Waals surface area (Å²) < 4.78 is 13.2. The van der Waals surface area contributed by atoms with Gasteiger partial charge in [-0.2, -0.15) is 0 Å². The molecule has 0 bridgehead atoms. The largest absolute Gasteiger partial charge is 0.491 e. The number of carbonyl (C=O) groups excluding carboxylic acids is 1. The fourth-order valence-electron chi connectivity index (χ4n) is 3.93. The highest BCUT2D eigenvalue weighted by Crippen LogP contribution is 2.33. The summed E-state index contributed by atoms with van der Waals surface area (Å²) in [4.78, 5) is 11.5. The maximum atomic E-state index is 11.5. The summed E-state index contributed by atoms with van der Waals surface area (Å²) in [6.45, 7) is 10.4. The summed E-state index contributed by atoms with van der Waals surface area (Å²) in [6.07, 6.45) is 3.52. The number of aromatic nitrogens is 1. The predicted octanol–water partition coefficient (Wildman–Crippen LogP) is 5.92. The van der Waals surface area contributed by atoms with Gasteiger partial charge in [-0.1, -0.05) is 51.5 Å². The molecule has 0 aliphatic rings. The maximum absolute atomic E-state index is 11.5. The predicted molar refractivity (Wildman–Crippen MR) is 134 cm³/mol. The number of hydrogen-bond donors (Lipinski definition) is 1. The van der Waals surface area contributed by atoms with E-state index in [9.17, 15) is 9.90 Å². The normalized spacial score (nSPS) is 12.0. The van der Waals surface area contributed by atoms with Crippen LogP contribution in [0.15, 0.2) is 60.7 Å². The second-order valence-corrected chi connectivity index (χ2v) is 8.46. The Bertz CT molecular complexity index is 1100. The number of ether oxygens (including phenoxy) is 2. The van der Waals surface area contributed by atoms with Gasteiger partial charge in [-0.25, -0.2) is 4.79 Å². The third kappa shape index (κ3) is 6.26. The lowest BCUT2D eigenvalue weighted by molar-refractivity contribution is -0.142. The maximum Gasteiger partial charge on any atom is 0.333 e. The summed E-state index contributed by atoms with van der Waals surface area (Å²) in [7, 11) is 0. The van der Waals surface area contributed by atoms with Gasteiger partial charge in [-0.3, -0.25) is 0 Å². The van der Waals surface area contributed by atoms with E-state index in [0.717, 1.165) is 19.4 Å². The van der Waals surface area contributed by atoms with Gasteiger partial charge in [0.25, 0.3) is 0 Å². The lowest BCUT2D eigenvalue weighted by Gasteiger charge is -2.16. The zero-order valence-electron chi connectivity index (χ0n) is 20.0. The van der Waals surface area contributed by atoms with E-state index in [1.54, 1.807) is 6.92 Å². The number of esters is 1. The van der Waals surface area contributed by atoms with Crippen LogP contribution in [-0.2, 0) is 22.5 Å². The Labute approximate surface area is 196 Å². The van der Waals surface area contributed by atoms with E-state index < -0.39 is 12.1 Å². The van der Waals surface area contributed by atoms with Gasteiger partial charge in [0, 0.05) is 34.3 Å². The topological polar surface area (TPSA) is 60.7 Å². The standard InChI is InChI=1S/C28H35NO4/c1-5-7-10-15-29-26-12-9-8-11-22(26)17-27(29)25-14-13-24(16-21(25)6-2)32-18-23(30)19-33-28(31)20(3)4/h8-9,11-14,16-17,23,30H,3,5-7,10,15,18-19H2,1-2,4H3. The van der Waals surface area contributed by atoms with Crippen LogP contribution in [0, 0.1) is 0 Å². The number of rotatable bonds is 12. The molecule has 0 radical (unpaired) electrons. The summed E-state index contributed by atoms with van der Waals surface area (Å²) in [5.41, 5.74) is 5.18. The van der Waals surface area contributed by atoms with Gasteiger partial charge in [0.05, 0.1) is 0 Å². The molecule has 176 valence electrons. The van der Waals surface area contributed by atoms with E-state index in [0.29, 0.717) is 11.3 Å². The lowest BCUT2D eigenvalue weighted by Crippen LogP contribution is -2.25. The van der Waals surface area contributed by atoms with Crippen molar-refractivity contribution in [1.29, 1.82) is 0 Å². The van der Waals surface area contributed by atoms with Crippen molar-refractivity contribution in [2.75, 3.05) is 13.2 Å². The second kappa shape index (κ2) is 11.7. The summed E-state index contributed by atoms with van der Waals surface area (Å²) >= 11 is 0. The molecular weight excluding hydrogens is 414 g/mol. The van der Waals surface area contributed by atoms with Crippen molar-refractivity contribution in [1.82, 2.24) is 4.57 Å². The van der Waals surface area contributed by atoms with Gasteiger partial charge in [0.15, 0.2) is 0 Å². The molecule has 0 fully saturated rings. The van der Waals surface area contributed by atoms with Crippen LogP contribution in [0.25, 0.3) is 22.2 Å². The van der Waals surface area contributed by atoms with Gasteiger partial charge in [0.1, 0.15) is 25.1 Å². The first-order chi connectivity index (χ1) is 15.9. The fourth-order valence-corrected chi connectivity index (χ4v) is 3.93. The quantitative estimate of drug-likeness (QED) is 0.212. The van der Waals surface area contributed by atoms with Crippen molar-refractivity contribution in [2.24, 2.45) is 0 Å². The zero-order chi connectivity index (χ0) is 23.8. The second-order valence-electron chi connectivity index (χ2n) is 8.46. The Morgan fingerprint density at radius 1 is 1.09 bits per heavy atom. The Balaban J connectivity index is 1.78. The molecule has 2 aromatic carbocycles. The van der Waals surface area contributed by atoms with E-state index in [1.807, 2.05) is 12.1 Å². The van der Waals surface area contributed by atoms with Crippen LogP contribution in [0.2, 0.25) is 0 Å². The monoisotopic (exact) mass is 449 g/mol. The Kier molecular flexibility index (Phi) is 8.72. The molecule has 1 heterocycles. The Morgan fingerprint density at radius 3 is 2.61 bits per heavy atom. The lowest BCUT2D eigenvalue weighted by atomic mass is 10.0. The number of benzene rings is 2. The van der Waals surface area contributed by atoms with E-state index in [2.05, 4.69) is 61.4 Å². The number of aliphatic hydroxyl groups excluding tert-OH is 1. The van der Waals surface area contributed by atoms with Crippen LogP contribution in [0.4, 0.5) is 0 Å². The molecule has 5 heteroatoms. The number of aliphatic hydroxyl groups is 1. The first-order valence-corrected chi connectivity index (χ1v) is 11.8. The molecule has 1 N–H and O–H groups in total. The highest BCUT2D eigenvalue weighted by Gasteiger charge is 2.15. The fraction of sp³-hybridized carbons (Fsp3) is 0.393. The highest BCUT2D eigenvalue weighted by atomic mass is 16.5. The number of aryl methyl sites for hydroxylation is 2. The van der Waals surface area contributed by atoms with Crippen molar-refractivity contribution >= 4 is 16.9 Å². The SMILES string of the molecule is C=C(C)C(=O)OCC(O)COc1ccc(-c2cc3ccccc3n2CCCCC)c(CC)c1. The average molecular weight is 450 g/mol. The van der Waals surface area contributed by atoms with Gasteiger partial charge in [-0.15, -0.1) is 0 Å². The highest BCUT2D eigenvalue weighted by molar-refractivity contribution is 5.88. The van der Waals surface area contributed by atoms with Crippen LogP contribution in [0.3, 0.4) is 0 Å². The Morgan fingerprint density at radius 2 is 1.88 bits per heavy atom. The molecule has 1 atom stereocenters. The number of para-hydroxylation sites is 1. The summed E-state index contributed by atoms with van der Waals surface area (Å²) in [6, 6.07) is 16.9. The first-order valence-electron chi connectivity index (χ1n) is 11.8. The third-order valence-electron chi connectivity index (χ3n) is 5.73. The molecule has 0 aliphatic heterocycles. The molecule has 0 saturated heterocycles. The number of hydrogen-bond acceptors (Lipinski definition) is 4. The number of unbranched alkanes of at least 4 members (excludes halogenated alkanes) is 2. The van der Waals surface area contributed by atoms with Crippen molar-refractivity contribution in [2.45, 2.75) is 59.1 Å². The minimum absolute atomic E-state index is 0.0449. The molecule has 0 amide bonds. The van der Waals surface area contributed by atoms with Gasteiger partial charge >= 0.3 is 5.97 Å². The molecule has 1 unspecified atom stereocenters. The molecule has 3 rings (SSSR count). The van der Waals surface area contributed by atoms with Gasteiger partial charge in [0.2, 0.25) is 0 Å². The number of fused-ring (bicyclic) bond motifs is 1. The van der Waals surface area contributed by atoms with Gasteiger partial charge < -0.3 is 19.1 Å². The van der Waals surface area contributed by atoms with Crippen LogP contribution < -0.4 is 4.74 Å². The minimum atomic E-state index is -0.904. The average Bonchev–Trinajstić information content (AvgIpc) is 3.19. The van der Waals surface area contributed by atoms with Crippen molar-refractivity contribution in [3.63, 3.8) is 0 Å². The number of carbonyl (C=O) groups is 1. The first kappa shape index (κ1) is 24.6. The smallest absolute Gasteiger partial charge is 0.333 e.